The molecule has 1 nitrogen and oxygen atoms in total. The van der Waals surface area contributed by atoms with Gasteiger partial charge in [-0.1, -0.05) is 34.2 Å². The van der Waals surface area contributed by atoms with E-state index in [2.05, 4.69) is 17.4 Å². The molecule has 0 amide bonds. The summed E-state index contributed by atoms with van der Waals surface area (Å²) in [5.41, 5.74) is 0.460. The Hall–Kier alpha value is 0.290. The molecule has 1 aliphatic rings. The molecule has 0 radical (unpaired) electrons. The summed E-state index contributed by atoms with van der Waals surface area (Å²) in [6, 6.07) is 1.54. The largest absolute Gasteiger partial charge is 0.432 e. The van der Waals surface area contributed by atoms with Crippen LogP contribution >= 0.6 is 57.8 Å². The number of benzene rings is 1. The molecule has 1 aromatic rings. The Morgan fingerprint density at radius 1 is 1.27 bits per heavy atom. The van der Waals surface area contributed by atoms with Crippen molar-refractivity contribution in [3.8, 4) is 5.75 Å². The van der Waals surface area contributed by atoms with Gasteiger partial charge in [0.1, 0.15) is 17.4 Å². The predicted octanol–water partition coefficient (Wildman–Crippen LogP) is 5.61. The van der Waals surface area contributed by atoms with Crippen LogP contribution in [0.4, 0.5) is 17.6 Å². The van der Waals surface area contributed by atoms with Crippen molar-refractivity contribution in [2.24, 2.45) is 5.92 Å². The van der Waals surface area contributed by atoms with Gasteiger partial charge in [-0.15, -0.1) is 0 Å². The van der Waals surface area contributed by atoms with Crippen molar-refractivity contribution >= 4 is 57.8 Å². The average Bonchev–Trinajstić information content (AvgIpc) is 2.33. The molecular weight excluding hydrogens is 546 g/mol. The van der Waals surface area contributed by atoms with Gasteiger partial charge < -0.3 is 4.74 Å². The summed E-state index contributed by atoms with van der Waals surface area (Å²) >= 11 is 7.69. The number of hydrogen-bond donors (Lipinski definition) is 1. The predicted molar refractivity (Wildman–Crippen MR) is 97.1 cm³/mol. The average molecular weight is 558 g/mol. The summed E-state index contributed by atoms with van der Waals surface area (Å²) in [7, 11) is 0. The molecule has 1 aliphatic carbocycles. The van der Waals surface area contributed by atoms with E-state index in [9.17, 15) is 17.6 Å². The SMILES string of the molecule is CC1=CC(S)CC(I)C1C(F)(F)Oc1cc(F)c(I)c(F)c1. The first-order valence-corrected chi connectivity index (χ1v) is 9.17. The molecule has 0 saturated heterocycles. The molecule has 3 atom stereocenters. The lowest BCUT2D eigenvalue weighted by molar-refractivity contribution is -0.206. The van der Waals surface area contributed by atoms with E-state index < -0.39 is 33.3 Å². The maximum absolute atomic E-state index is 14.4. The van der Waals surface area contributed by atoms with Gasteiger partial charge in [-0.25, -0.2) is 8.78 Å². The molecule has 0 fully saturated rings. The van der Waals surface area contributed by atoms with Crippen molar-refractivity contribution in [1.29, 1.82) is 0 Å². The molecule has 0 spiro atoms. The smallest absolute Gasteiger partial charge is 0.405 e. The third-order valence-electron chi connectivity index (χ3n) is 3.35. The standard InChI is InChI=1S/C14H12F4I2OS/c1-6-2-8(22)5-11(19)12(6)14(17,18)21-7-3-9(15)13(20)10(16)4-7/h2-4,8,11-12,22H,5H2,1H3. The summed E-state index contributed by atoms with van der Waals surface area (Å²) in [6.45, 7) is 1.59. The molecule has 0 heterocycles. The first-order valence-electron chi connectivity index (χ1n) is 6.33. The molecule has 1 aromatic carbocycles. The molecule has 22 heavy (non-hydrogen) atoms. The second kappa shape index (κ2) is 7.04. The van der Waals surface area contributed by atoms with Gasteiger partial charge >= 0.3 is 6.11 Å². The Kier molecular flexibility index (Phi) is 5.96. The van der Waals surface area contributed by atoms with Crippen molar-refractivity contribution < 1.29 is 22.3 Å². The van der Waals surface area contributed by atoms with Gasteiger partial charge in [0.2, 0.25) is 0 Å². The lowest BCUT2D eigenvalue weighted by atomic mass is 9.87. The van der Waals surface area contributed by atoms with Crippen LogP contribution in [0.3, 0.4) is 0 Å². The normalized spacial score (nSPS) is 25.8. The Labute approximate surface area is 158 Å². The van der Waals surface area contributed by atoms with Gasteiger partial charge in [-0.05, 0) is 35.9 Å². The molecule has 2 rings (SSSR count). The number of thiol groups is 1. The summed E-state index contributed by atoms with van der Waals surface area (Å²) in [4.78, 5) is 0. The fraction of sp³-hybridized carbons (Fsp3) is 0.429. The Balaban J connectivity index is 2.29. The van der Waals surface area contributed by atoms with E-state index in [4.69, 9.17) is 0 Å². The van der Waals surface area contributed by atoms with Crippen molar-refractivity contribution in [2.75, 3.05) is 0 Å². The molecule has 0 aromatic heterocycles. The number of ether oxygens (including phenoxy) is 1. The number of rotatable bonds is 3. The number of halogens is 6. The first-order chi connectivity index (χ1) is 10.1. The Morgan fingerprint density at radius 2 is 1.82 bits per heavy atom. The van der Waals surface area contributed by atoms with Gasteiger partial charge in [-0.3, -0.25) is 0 Å². The van der Waals surface area contributed by atoms with E-state index in [1.807, 2.05) is 22.6 Å². The van der Waals surface area contributed by atoms with Crippen LogP contribution in [0.1, 0.15) is 13.3 Å². The third-order valence-corrected chi connectivity index (χ3v) is 5.97. The Morgan fingerprint density at radius 3 is 2.32 bits per heavy atom. The molecule has 0 bridgehead atoms. The second-order valence-electron chi connectivity index (χ2n) is 5.07. The first kappa shape index (κ1) is 18.6. The van der Waals surface area contributed by atoms with Crippen LogP contribution in [0.5, 0.6) is 5.75 Å². The van der Waals surface area contributed by atoms with E-state index in [0.717, 1.165) is 12.1 Å². The number of alkyl halides is 3. The highest BCUT2D eigenvalue weighted by molar-refractivity contribution is 14.1. The zero-order chi connectivity index (χ0) is 16.7. The third kappa shape index (κ3) is 4.03. The van der Waals surface area contributed by atoms with Crippen LogP contribution in [0, 0.1) is 21.1 Å². The van der Waals surface area contributed by atoms with Gasteiger partial charge in [0.05, 0.1) is 9.49 Å². The Bertz CT molecular complexity index is 586. The molecule has 122 valence electrons. The highest BCUT2D eigenvalue weighted by atomic mass is 127. The minimum Gasteiger partial charge on any atom is -0.432 e. The molecule has 0 saturated carbocycles. The van der Waals surface area contributed by atoms with Crippen LogP contribution in [0.15, 0.2) is 23.8 Å². The minimum atomic E-state index is -3.56. The molecule has 3 unspecified atom stereocenters. The minimum absolute atomic E-state index is 0.0813. The van der Waals surface area contributed by atoms with E-state index in [1.54, 1.807) is 13.0 Å². The summed E-state index contributed by atoms with van der Waals surface area (Å²) in [5, 5.41) is -0.0813. The summed E-state index contributed by atoms with van der Waals surface area (Å²) in [6.07, 6.45) is -1.43. The van der Waals surface area contributed by atoms with Crippen molar-refractivity contribution in [3.05, 3.63) is 39.0 Å². The number of hydrogen-bond acceptors (Lipinski definition) is 2. The highest BCUT2D eigenvalue weighted by Crippen LogP contribution is 2.43. The van der Waals surface area contributed by atoms with E-state index >= 15 is 0 Å². The monoisotopic (exact) mass is 558 g/mol. The van der Waals surface area contributed by atoms with Gasteiger partial charge in [-0.2, -0.15) is 21.4 Å². The van der Waals surface area contributed by atoms with E-state index in [1.165, 1.54) is 22.6 Å². The van der Waals surface area contributed by atoms with Crippen LogP contribution < -0.4 is 4.74 Å². The molecule has 8 heteroatoms. The zero-order valence-electron chi connectivity index (χ0n) is 11.3. The second-order valence-corrected chi connectivity index (χ2v) is 8.41. The van der Waals surface area contributed by atoms with Gasteiger partial charge in [0.25, 0.3) is 0 Å². The van der Waals surface area contributed by atoms with Crippen molar-refractivity contribution in [3.63, 3.8) is 0 Å². The topological polar surface area (TPSA) is 9.23 Å². The quantitative estimate of drug-likeness (QED) is 0.127. The molecule has 0 aliphatic heterocycles. The van der Waals surface area contributed by atoms with E-state index in [0.29, 0.717) is 12.0 Å². The van der Waals surface area contributed by atoms with Crippen molar-refractivity contribution in [1.82, 2.24) is 0 Å². The van der Waals surface area contributed by atoms with Crippen LogP contribution in [0.25, 0.3) is 0 Å². The summed E-state index contributed by atoms with van der Waals surface area (Å²) in [5.74, 6) is -3.54. The van der Waals surface area contributed by atoms with Gasteiger partial charge in [0.15, 0.2) is 0 Å². The van der Waals surface area contributed by atoms with Crippen LogP contribution in [-0.2, 0) is 0 Å². The van der Waals surface area contributed by atoms with Crippen LogP contribution in [0.2, 0.25) is 0 Å². The fourth-order valence-corrected chi connectivity index (χ4v) is 5.12. The lowest BCUT2D eigenvalue weighted by Gasteiger charge is -2.35. The molecular formula is C14H12F4I2OS. The van der Waals surface area contributed by atoms with Crippen LogP contribution in [-0.4, -0.2) is 15.3 Å². The van der Waals surface area contributed by atoms with Crippen molar-refractivity contribution in [2.45, 2.75) is 28.6 Å². The maximum atomic E-state index is 14.4. The summed E-state index contributed by atoms with van der Waals surface area (Å²) < 4.78 is 59.8. The zero-order valence-corrected chi connectivity index (χ0v) is 16.5. The highest BCUT2D eigenvalue weighted by Gasteiger charge is 2.49. The maximum Gasteiger partial charge on any atom is 0.405 e. The van der Waals surface area contributed by atoms with Gasteiger partial charge in [0, 0.05) is 21.3 Å². The lowest BCUT2D eigenvalue weighted by Crippen LogP contribution is -2.43. The van der Waals surface area contributed by atoms with E-state index in [-0.39, 0.29) is 8.82 Å². The molecule has 0 N–H and O–H groups in total. The fourth-order valence-electron chi connectivity index (χ4n) is 2.41.